The molecule has 24 heavy (non-hydrogen) atoms. The van der Waals surface area contributed by atoms with E-state index in [0.717, 1.165) is 39.1 Å². The first-order valence-corrected chi connectivity index (χ1v) is 8.96. The Hall–Kier alpha value is -2.12. The summed E-state index contributed by atoms with van der Waals surface area (Å²) >= 11 is 1.68. The van der Waals surface area contributed by atoms with E-state index in [1.54, 1.807) is 17.4 Å². The molecule has 0 atom stereocenters. The zero-order valence-electron chi connectivity index (χ0n) is 13.3. The minimum absolute atomic E-state index is 0.0629. The molecular formula is C17H19N3O3S. The molecule has 0 saturated carbocycles. The van der Waals surface area contributed by atoms with Crippen LogP contribution in [0.2, 0.25) is 0 Å². The predicted molar refractivity (Wildman–Crippen MR) is 90.5 cm³/mol. The lowest BCUT2D eigenvalue weighted by Gasteiger charge is -2.21. The second kappa shape index (κ2) is 6.78. The number of aromatic nitrogens is 1. The van der Waals surface area contributed by atoms with Crippen molar-refractivity contribution in [3.05, 3.63) is 40.3 Å². The van der Waals surface area contributed by atoms with Crippen molar-refractivity contribution in [3.8, 4) is 11.5 Å². The first-order valence-electron chi connectivity index (χ1n) is 8.08. The van der Waals surface area contributed by atoms with Crippen LogP contribution in [0.3, 0.4) is 0 Å². The topological polar surface area (TPSA) is 54.9 Å². The van der Waals surface area contributed by atoms with Crippen molar-refractivity contribution in [1.29, 1.82) is 0 Å². The maximum absolute atomic E-state index is 12.8. The van der Waals surface area contributed by atoms with Crippen LogP contribution in [0.5, 0.6) is 11.5 Å². The average Bonchev–Trinajstić information content (AvgIpc) is 3.22. The summed E-state index contributed by atoms with van der Waals surface area (Å²) in [6.07, 6.45) is 2.90. The van der Waals surface area contributed by atoms with Gasteiger partial charge in [-0.15, -0.1) is 11.3 Å². The van der Waals surface area contributed by atoms with Gasteiger partial charge in [0, 0.05) is 49.4 Å². The van der Waals surface area contributed by atoms with Crippen LogP contribution in [-0.4, -0.2) is 53.7 Å². The van der Waals surface area contributed by atoms with Crippen LogP contribution in [-0.2, 0) is 6.54 Å². The van der Waals surface area contributed by atoms with E-state index in [0.29, 0.717) is 17.1 Å². The Bertz CT molecular complexity index is 720. The van der Waals surface area contributed by atoms with Crippen molar-refractivity contribution in [3.63, 3.8) is 0 Å². The quantitative estimate of drug-likeness (QED) is 0.854. The van der Waals surface area contributed by atoms with E-state index in [4.69, 9.17) is 9.47 Å². The normalized spacial score (nSPS) is 17.8. The zero-order valence-corrected chi connectivity index (χ0v) is 14.1. The first kappa shape index (κ1) is 15.4. The van der Waals surface area contributed by atoms with Gasteiger partial charge in [-0.25, -0.2) is 0 Å². The lowest BCUT2D eigenvalue weighted by Crippen LogP contribution is -2.35. The Morgan fingerprint density at radius 2 is 2.08 bits per heavy atom. The zero-order chi connectivity index (χ0) is 16.4. The third-order valence-corrected chi connectivity index (χ3v) is 5.12. The Kier molecular flexibility index (Phi) is 4.36. The molecule has 0 unspecified atom stereocenters. The summed E-state index contributed by atoms with van der Waals surface area (Å²) in [6, 6.07) is 5.41. The molecule has 0 aliphatic carbocycles. The van der Waals surface area contributed by atoms with Gasteiger partial charge in [0.05, 0.1) is 5.51 Å². The van der Waals surface area contributed by atoms with Crippen molar-refractivity contribution in [2.75, 3.05) is 33.0 Å². The highest BCUT2D eigenvalue weighted by molar-refractivity contribution is 7.09. The van der Waals surface area contributed by atoms with E-state index in [2.05, 4.69) is 9.88 Å². The fraction of sp³-hybridized carbons (Fsp3) is 0.412. The van der Waals surface area contributed by atoms with E-state index >= 15 is 0 Å². The van der Waals surface area contributed by atoms with Gasteiger partial charge < -0.3 is 14.4 Å². The van der Waals surface area contributed by atoms with Crippen molar-refractivity contribution >= 4 is 17.2 Å². The van der Waals surface area contributed by atoms with Crippen LogP contribution >= 0.6 is 11.3 Å². The van der Waals surface area contributed by atoms with Gasteiger partial charge in [-0.3, -0.25) is 14.7 Å². The number of amides is 1. The molecule has 1 aromatic carbocycles. The van der Waals surface area contributed by atoms with Crippen molar-refractivity contribution in [2.24, 2.45) is 0 Å². The summed E-state index contributed by atoms with van der Waals surface area (Å²) in [7, 11) is 0. The molecular weight excluding hydrogens is 326 g/mol. The fourth-order valence-corrected chi connectivity index (χ4v) is 3.72. The summed E-state index contributed by atoms with van der Waals surface area (Å²) in [6.45, 7) is 4.55. The Morgan fingerprint density at radius 3 is 2.96 bits per heavy atom. The Morgan fingerprint density at radius 1 is 1.17 bits per heavy atom. The molecule has 1 fully saturated rings. The lowest BCUT2D eigenvalue weighted by atomic mass is 10.1. The Labute approximate surface area is 144 Å². The molecule has 0 bridgehead atoms. The highest BCUT2D eigenvalue weighted by Crippen LogP contribution is 2.32. The van der Waals surface area contributed by atoms with E-state index < -0.39 is 0 Å². The predicted octanol–water partition coefficient (Wildman–Crippen LogP) is 2.22. The molecule has 0 radical (unpaired) electrons. The minimum Gasteiger partial charge on any atom is -0.454 e. The van der Waals surface area contributed by atoms with E-state index in [1.165, 1.54) is 4.88 Å². The average molecular weight is 345 g/mol. The molecule has 2 aliphatic heterocycles. The van der Waals surface area contributed by atoms with Crippen LogP contribution in [0.4, 0.5) is 0 Å². The smallest absolute Gasteiger partial charge is 0.254 e. The third kappa shape index (κ3) is 3.22. The molecule has 0 N–H and O–H groups in total. The van der Waals surface area contributed by atoms with E-state index in [1.807, 2.05) is 28.7 Å². The molecule has 7 heteroatoms. The molecule has 6 nitrogen and oxygen atoms in total. The summed E-state index contributed by atoms with van der Waals surface area (Å²) in [5, 5.41) is 0. The number of carbonyl (C=O) groups is 1. The minimum atomic E-state index is 0.0629. The first-order chi connectivity index (χ1) is 11.8. The monoisotopic (exact) mass is 345 g/mol. The number of fused-ring (bicyclic) bond motifs is 1. The Balaban J connectivity index is 1.40. The maximum atomic E-state index is 12.8. The number of ether oxygens (including phenoxy) is 2. The van der Waals surface area contributed by atoms with Crippen LogP contribution in [0, 0.1) is 0 Å². The van der Waals surface area contributed by atoms with Gasteiger partial charge in [0.25, 0.3) is 5.91 Å². The molecule has 3 heterocycles. The van der Waals surface area contributed by atoms with Gasteiger partial charge in [0.1, 0.15) is 0 Å². The molecule has 1 aromatic heterocycles. The SMILES string of the molecule is O=C(c1ccc2c(c1)OCO2)N1CCCN(Cc2cncs2)CC1. The van der Waals surface area contributed by atoms with Gasteiger partial charge in [0.2, 0.25) is 6.79 Å². The van der Waals surface area contributed by atoms with Gasteiger partial charge in [-0.1, -0.05) is 0 Å². The molecule has 2 aliphatic rings. The molecule has 1 amide bonds. The van der Waals surface area contributed by atoms with E-state index in [9.17, 15) is 4.79 Å². The second-order valence-corrected chi connectivity index (χ2v) is 6.93. The highest BCUT2D eigenvalue weighted by Gasteiger charge is 2.23. The van der Waals surface area contributed by atoms with Gasteiger partial charge >= 0.3 is 0 Å². The molecule has 0 spiro atoms. The standard InChI is InChI=1S/C17H19N3O3S/c21-17(13-2-3-15-16(8-13)23-12-22-15)20-5-1-4-19(6-7-20)10-14-9-18-11-24-14/h2-3,8-9,11H,1,4-7,10,12H2. The van der Waals surface area contributed by atoms with Crippen molar-refractivity contribution < 1.29 is 14.3 Å². The van der Waals surface area contributed by atoms with Gasteiger partial charge in [-0.2, -0.15) is 0 Å². The van der Waals surface area contributed by atoms with Crippen LogP contribution in [0.1, 0.15) is 21.7 Å². The number of hydrogen-bond donors (Lipinski definition) is 0. The highest BCUT2D eigenvalue weighted by atomic mass is 32.1. The number of thiazole rings is 1. The fourth-order valence-electron chi connectivity index (χ4n) is 3.08. The van der Waals surface area contributed by atoms with Crippen LogP contribution in [0.15, 0.2) is 29.9 Å². The summed E-state index contributed by atoms with van der Waals surface area (Å²) in [5.41, 5.74) is 2.53. The number of carbonyl (C=O) groups excluding carboxylic acids is 1. The van der Waals surface area contributed by atoms with Crippen molar-refractivity contribution in [1.82, 2.24) is 14.8 Å². The summed E-state index contributed by atoms with van der Waals surface area (Å²) in [4.78, 5) is 22.5. The largest absolute Gasteiger partial charge is 0.454 e. The molecule has 4 rings (SSSR count). The van der Waals surface area contributed by atoms with Gasteiger partial charge in [0.15, 0.2) is 11.5 Å². The molecule has 1 saturated heterocycles. The molecule has 126 valence electrons. The molecule has 2 aromatic rings. The number of benzene rings is 1. The number of nitrogens with zero attached hydrogens (tertiary/aromatic N) is 3. The summed E-state index contributed by atoms with van der Waals surface area (Å²) in [5.74, 6) is 1.42. The lowest BCUT2D eigenvalue weighted by molar-refractivity contribution is 0.0760. The van der Waals surface area contributed by atoms with Crippen LogP contribution in [0.25, 0.3) is 0 Å². The summed E-state index contributed by atoms with van der Waals surface area (Å²) < 4.78 is 10.7. The van der Waals surface area contributed by atoms with Crippen molar-refractivity contribution in [2.45, 2.75) is 13.0 Å². The number of rotatable bonds is 3. The van der Waals surface area contributed by atoms with Crippen LogP contribution < -0.4 is 9.47 Å². The van der Waals surface area contributed by atoms with Gasteiger partial charge in [-0.05, 0) is 24.6 Å². The number of hydrogen-bond acceptors (Lipinski definition) is 6. The maximum Gasteiger partial charge on any atom is 0.254 e. The van der Waals surface area contributed by atoms with E-state index in [-0.39, 0.29) is 12.7 Å². The third-order valence-electron chi connectivity index (χ3n) is 4.36. The second-order valence-electron chi connectivity index (χ2n) is 5.96.